The van der Waals surface area contributed by atoms with Gasteiger partial charge in [-0.2, -0.15) is 0 Å². The van der Waals surface area contributed by atoms with E-state index in [1.807, 2.05) is 6.92 Å². The molecule has 0 saturated carbocycles. The van der Waals surface area contributed by atoms with E-state index in [1.54, 1.807) is 11.3 Å². The maximum absolute atomic E-state index is 5.40. The van der Waals surface area contributed by atoms with Crippen LogP contribution in [-0.4, -0.2) is 14.5 Å². The minimum atomic E-state index is 0.781. The minimum absolute atomic E-state index is 0.781. The Morgan fingerprint density at radius 2 is 2.32 bits per heavy atom. The molecule has 3 rings (SSSR count). The highest BCUT2D eigenvalue weighted by atomic mass is 127. The lowest BCUT2D eigenvalue weighted by atomic mass is 10.3. The van der Waals surface area contributed by atoms with Crippen molar-refractivity contribution in [3.63, 3.8) is 0 Å². The third kappa shape index (κ3) is 2.75. The lowest BCUT2D eigenvalue weighted by Crippen LogP contribution is -2.01. The summed E-state index contributed by atoms with van der Waals surface area (Å²) in [6.45, 7) is 2.90. The van der Waals surface area contributed by atoms with Gasteiger partial charge < -0.3 is 9.55 Å². The third-order valence-electron chi connectivity index (χ3n) is 2.99. The molecule has 0 fully saturated rings. The molecule has 0 aliphatic rings. The van der Waals surface area contributed by atoms with Crippen molar-refractivity contribution in [1.82, 2.24) is 14.5 Å². The Kier molecular flexibility index (Phi) is 3.72. The Labute approximate surface area is 133 Å². The molecule has 6 heteroatoms. The summed E-state index contributed by atoms with van der Waals surface area (Å²) < 4.78 is 4.14. The summed E-state index contributed by atoms with van der Waals surface area (Å²) in [5.41, 5.74) is 3.41. The summed E-state index contributed by atoms with van der Waals surface area (Å²) in [5.74, 6) is 0. The number of H-pyrrole nitrogens is 1. The molecule has 2 heterocycles. The van der Waals surface area contributed by atoms with Gasteiger partial charge in [-0.25, -0.2) is 4.98 Å². The van der Waals surface area contributed by atoms with Gasteiger partial charge in [0.2, 0.25) is 0 Å². The Hall–Kier alpha value is -0.730. The molecule has 3 nitrogen and oxygen atoms in total. The molecule has 98 valence electrons. The summed E-state index contributed by atoms with van der Waals surface area (Å²) in [4.78, 5) is 7.76. The highest BCUT2D eigenvalue weighted by Gasteiger charge is 2.06. The molecular weight excluding hydrogens is 389 g/mol. The van der Waals surface area contributed by atoms with Gasteiger partial charge in [0.05, 0.1) is 21.7 Å². The molecule has 0 spiro atoms. The van der Waals surface area contributed by atoms with Crippen molar-refractivity contribution >= 4 is 57.2 Å². The predicted molar refractivity (Wildman–Crippen MR) is 90.4 cm³/mol. The SMILES string of the molecule is Cc1nc(CCn2c(=S)[nH]c3cc(I)ccc32)cs1. The molecule has 19 heavy (non-hydrogen) atoms. The minimum Gasteiger partial charge on any atom is -0.331 e. The number of hydrogen-bond donors (Lipinski definition) is 1. The summed E-state index contributed by atoms with van der Waals surface area (Å²) in [6, 6.07) is 6.35. The second kappa shape index (κ2) is 5.34. The van der Waals surface area contributed by atoms with Gasteiger partial charge in [0, 0.05) is 21.9 Å². The quantitative estimate of drug-likeness (QED) is 0.524. The van der Waals surface area contributed by atoms with E-state index in [1.165, 1.54) is 3.57 Å². The van der Waals surface area contributed by atoms with Crippen molar-refractivity contribution in [2.45, 2.75) is 19.9 Å². The molecule has 0 saturated heterocycles. The third-order valence-corrected chi connectivity index (χ3v) is 4.81. The summed E-state index contributed by atoms with van der Waals surface area (Å²) in [6.07, 6.45) is 0.914. The Bertz CT molecular complexity index is 785. The first kappa shape index (κ1) is 13.3. The van der Waals surface area contributed by atoms with Gasteiger partial charge in [0.1, 0.15) is 0 Å². The van der Waals surface area contributed by atoms with Crippen LogP contribution in [0.2, 0.25) is 0 Å². The number of aromatic amines is 1. The van der Waals surface area contributed by atoms with Crippen molar-refractivity contribution in [3.05, 3.63) is 42.6 Å². The van der Waals surface area contributed by atoms with E-state index < -0.39 is 0 Å². The van der Waals surface area contributed by atoms with Crippen LogP contribution in [0.15, 0.2) is 23.6 Å². The van der Waals surface area contributed by atoms with Crippen molar-refractivity contribution in [3.8, 4) is 0 Å². The number of halogens is 1. The number of aryl methyl sites for hydroxylation is 3. The van der Waals surface area contributed by atoms with E-state index in [9.17, 15) is 0 Å². The van der Waals surface area contributed by atoms with Crippen LogP contribution in [-0.2, 0) is 13.0 Å². The van der Waals surface area contributed by atoms with Gasteiger partial charge in [-0.05, 0) is 59.9 Å². The normalized spacial score (nSPS) is 11.3. The molecule has 0 aliphatic heterocycles. The Morgan fingerprint density at radius 1 is 1.47 bits per heavy atom. The molecule has 1 N–H and O–H groups in total. The topological polar surface area (TPSA) is 33.6 Å². The average Bonchev–Trinajstić information content (AvgIpc) is 2.89. The second-order valence-electron chi connectivity index (χ2n) is 4.35. The highest BCUT2D eigenvalue weighted by molar-refractivity contribution is 14.1. The number of nitrogens with zero attached hydrogens (tertiary/aromatic N) is 2. The van der Waals surface area contributed by atoms with Crippen LogP contribution in [0.3, 0.4) is 0 Å². The number of aromatic nitrogens is 3. The first-order chi connectivity index (χ1) is 9.13. The number of nitrogens with one attached hydrogen (secondary N) is 1. The molecule has 0 aliphatic carbocycles. The van der Waals surface area contributed by atoms with E-state index in [4.69, 9.17) is 12.2 Å². The molecular formula is C13H12IN3S2. The number of fused-ring (bicyclic) bond motifs is 1. The predicted octanol–water partition coefficient (Wildman–Crippen LogP) is 4.31. The Morgan fingerprint density at radius 3 is 3.05 bits per heavy atom. The first-order valence-corrected chi connectivity index (χ1v) is 8.29. The lowest BCUT2D eigenvalue weighted by Gasteiger charge is -2.03. The molecule has 1 aromatic carbocycles. The van der Waals surface area contributed by atoms with Gasteiger partial charge in [-0.3, -0.25) is 0 Å². The summed E-state index contributed by atoms with van der Waals surface area (Å²) in [7, 11) is 0. The average molecular weight is 401 g/mol. The molecule has 0 unspecified atom stereocenters. The lowest BCUT2D eigenvalue weighted by molar-refractivity contribution is 0.697. The zero-order valence-electron chi connectivity index (χ0n) is 10.3. The number of imidazole rings is 1. The molecule has 0 atom stereocenters. The van der Waals surface area contributed by atoms with Gasteiger partial charge in [-0.15, -0.1) is 11.3 Å². The maximum Gasteiger partial charge on any atom is 0.178 e. The van der Waals surface area contributed by atoms with Gasteiger partial charge in [0.25, 0.3) is 0 Å². The van der Waals surface area contributed by atoms with E-state index in [2.05, 4.69) is 60.7 Å². The van der Waals surface area contributed by atoms with Crippen LogP contribution in [0.1, 0.15) is 10.7 Å². The number of hydrogen-bond acceptors (Lipinski definition) is 3. The molecule has 0 radical (unpaired) electrons. The van der Waals surface area contributed by atoms with Crippen LogP contribution in [0.25, 0.3) is 11.0 Å². The number of rotatable bonds is 3. The van der Waals surface area contributed by atoms with Crippen molar-refractivity contribution < 1.29 is 0 Å². The van der Waals surface area contributed by atoms with Crippen LogP contribution < -0.4 is 0 Å². The fraction of sp³-hybridized carbons (Fsp3) is 0.231. The van der Waals surface area contributed by atoms with E-state index in [-0.39, 0.29) is 0 Å². The van der Waals surface area contributed by atoms with Crippen LogP contribution >= 0.6 is 46.1 Å². The maximum atomic E-state index is 5.40. The van der Waals surface area contributed by atoms with E-state index >= 15 is 0 Å². The smallest absolute Gasteiger partial charge is 0.178 e. The fourth-order valence-electron chi connectivity index (χ4n) is 2.11. The monoisotopic (exact) mass is 401 g/mol. The number of thiazole rings is 1. The Balaban J connectivity index is 1.92. The zero-order chi connectivity index (χ0) is 13.4. The van der Waals surface area contributed by atoms with Gasteiger partial charge >= 0.3 is 0 Å². The van der Waals surface area contributed by atoms with Gasteiger partial charge in [-0.1, -0.05) is 0 Å². The van der Waals surface area contributed by atoms with E-state index in [0.29, 0.717) is 0 Å². The molecule has 2 aromatic heterocycles. The zero-order valence-corrected chi connectivity index (χ0v) is 14.1. The standard InChI is InChI=1S/C13H12IN3S2/c1-8-15-10(7-19-8)4-5-17-12-3-2-9(14)6-11(12)16-13(17)18/h2-3,6-7H,4-5H2,1H3,(H,16,18). The summed E-state index contributed by atoms with van der Waals surface area (Å²) in [5, 5.41) is 3.24. The fourth-order valence-corrected chi connectivity index (χ4v) is 3.55. The van der Waals surface area contributed by atoms with Crippen molar-refractivity contribution in [1.29, 1.82) is 0 Å². The van der Waals surface area contributed by atoms with Crippen molar-refractivity contribution in [2.24, 2.45) is 0 Å². The second-order valence-corrected chi connectivity index (χ2v) is 7.05. The highest BCUT2D eigenvalue weighted by Crippen LogP contribution is 2.18. The van der Waals surface area contributed by atoms with Crippen LogP contribution in [0.5, 0.6) is 0 Å². The first-order valence-electron chi connectivity index (χ1n) is 5.92. The molecule has 0 amide bonds. The van der Waals surface area contributed by atoms with E-state index in [0.717, 1.165) is 39.5 Å². The number of benzene rings is 1. The van der Waals surface area contributed by atoms with Gasteiger partial charge in [0.15, 0.2) is 4.77 Å². The molecule has 0 bridgehead atoms. The van der Waals surface area contributed by atoms with Crippen LogP contribution in [0.4, 0.5) is 0 Å². The molecule has 3 aromatic rings. The van der Waals surface area contributed by atoms with Crippen LogP contribution in [0, 0.1) is 15.3 Å². The largest absolute Gasteiger partial charge is 0.331 e. The summed E-state index contributed by atoms with van der Waals surface area (Å²) >= 11 is 9.41. The van der Waals surface area contributed by atoms with Crippen molar-refractivity contribution in [2.75, 3.05) is 0 Å².